The van der Waals surface area contributed by atoms with Crippen molar-refractivity contribution >= 4 is 5.97 Å². The van der Waals surface area contributed by atoms with Gasteiger partial charge in [0.05, 0.1) is 0 Å². The molecule has 4 heteroatoms. The first-order valence-electron chi connectivity index (χ1n) is 6.13. The molecular formula is C14H22N2O2. The van der Waals surface area contributed by atoms with Gasteiger partial charge in [0.25, 0.3) is 0 Å². The van der Waals surface area contributed by atoms with Crippen LogP contribution in [0.15, 0.2) is 18.2 Å². The first-order valence-corrected chi connectivity index (χ1v) is 6.13. The third-order valence-corrected chi connectivity index (χ3v) is 3.08. The smallest absolute Gasteiger partial charge is 0.320 e. The summed E-state index contributed by atoms with van der Waals surface area (Å²) in [7, 11) is 1.98. The van der Waals surface area contributed by atoms with Crippen molar-refractivity contribution in [3.05, 3.63) is 34.9 Å². The molecule has 0 aromatic heterocycles. The van der Waals surface area contributed by atoms with Crippen LogP contribution in [0, 0.1) is 13.8 Å². The van der Waals surface area contributed by atoms with Crippen molar-refractivity contribution < 1.29 is 9.90 Å². The summed E-state index contributed by atoms with van der Waals surface area (Å²) in [5.74, 6) is -0.935. The number of carboxylic acids is 1. The van der Waals surface area contributed by atoms with Gasteiger partial charge in [0, 0.05) is 13.1 Å². The predicted octanol–water partition coefficient (Wildman–Crippen LogP) is 1.54. The van der Waals surface area contributed by atoms with E-state index < -0.39 is 12.0 Å². The molecular weight excluding hydrogens is 228 g/mol. The van der Waals surface area contributed by atoms with E-state index in [2.05, 4.69) is 36.9 Å². The van der Waals surface area contributed by atoms with Gasteiger partial charge in [-0.05, 0) is 38.4 Å². The van der Waals surface area contributed by atoms with Crippen LogP contribution in [-0.4, -0.2) is 35.6 Å². The van der Waals surface area contributed by atoms with E-state index in [9.17, 15) is 4.79 Å². The highest BCUT2D eigenvalue weighted by Crippen LogP contribution is 2.12. The van der Waals surface area contributed by atoms with Crippen molar-refractivity contribution in [2.75, 3.05) is 13.6 Å². The number of carboxylic acid groups (broad SMARTS) is 1. The molecule has 0 saturated heterocycles. The van der Waals surface area contributed by atoms with Gasteiger partial charge in [-0.15, -0.1) is 0 Å². The summed E-state index contributed by atoms with van der Waals surface area (Å²) in [6.45, 7) is 5.67. The number of hydrogen-bond acceptors (Lipinski definition) is 3. The lowest BCUT2D eigenvalue weighted by molar-refractivity contribution is -0.138. The van der Waals surface area contributed by atoms with E-state index in [1.54, 1.807) is 0 Å². The number of rotatable bonds is 6. The van der Waals surface area contributed by atoms with Gasteiger partial charge >= 0.3 is 5.97 Å². The van der Waals surface area contributed by atoms with Crippen LogP contribution < -0.4 is 5.73 Å². The third-order valence-electron chi connectivity index (χ3n) is 3.08. The lowest BCUT2D eigenvalue weighted by Crippen LogP contribution is -2.34. The molecule has 0 radical (unpaired) electrons. The summed E-state index contributed by atoms with van der Waals surface area (Å²) in [5.41, 5.74) is 9.28. The Morgan fingerprint density at radius 2 is 2.11 bits per heavy atom. The summed E-state index contributed by atoms with van der Waals surface area (Å²) < 4.78 is 0. The summed E-state index contributed by atoms with van der Waals surface area (Å²) in [6, 6.07) is 5.61. The average Bonchev–Trinajstić information content (AvgIpc) is 2.29. The van der Waals surface area contributed by atoms with E-state index in [1.807, 2.05) is 7.05 Å². The number of carbonyl (C=O) groups is 1. The molecule has 0 aliphatic heterocycles. The van der Waals surface area contributed by atoms with Crippen LogP contribution in [0.3, 0.4) is 0 Å². The highest BCUT2D eigenvalue weighted by Gasteiger charge is 2.12. The highest BCUT2D eigenvalue weighted by molar-refractivity contribution is 5.72. The fraction of sp³-hybridized carbons (Fsp3) is 0.500. The van der Waals surface area contributed by atoms with E-state index >= 15 is 0 Å². The van der Waals surface area contributed by atoms with Crippen LogP contribution in [0.4, 0.5) is 0 Å². The van der Waals surface area contributed by atoms with Gasteiger partial charge in [-0.2, -0.15) is 0 Å². The molecule has 18 heavy (non-hydrogen) atoms. The zero-order valence-corrected chi connectivity index (χ0v) is 11.3. The van der Waals surface area contributed by atoms with Gasteiger partial charge in [-0.3, -0.25) is 4.79 Å². The van der Waals surface area contributed by atoms with Crippen LogP contribution in [0.2, 0.25) is 0 Å². The van der Waals surface area contributed by atoms with E-state index in [0.29, 0.717) is 13.0 Å². The second-order valence-corrected chi connectivity index (χ2v) is 4.90. The van der Waals surface area contributed by atoms with Crippen LogP contribution in [0.25, 0.3) is 0 Å². The second kappa shape index (κ2) is 6.52. The quantitative estimate of drug-likeness (QED) is 0.803. The fourth-order valence-corrected chi connectivity index (χ4v) is 1.88. The van der Waals surface area contributed by atoms with Crippen molar-refractivity contribution in [2.24, 2.45) is 5.73 Å². The van der Waals surface area contributed by atoms with Gasteiger partial charge in [-0.1, -0.05) is 23.8 Å². The van der Waals surface area contributed by atoms with Crippen molar-refractivity contribution in [1.82, 2.24) is 4.90 Å². The molecule has 0 heterocycles. The summed E-state index contributed by atoms with van der Waals surface area (Å²) in [4.78, 5) is 12.7. The standard InChI is InChI=1S/C14H22N2O2/c1-10-4-5-12(11(2)8-10)9-16(3)7-6-13(15)14(17)18/h4-5,8,13H,6-7,9,15H2,1-3H3,(H,17,18). The maximum absolute atomic E-state index is 10.6. The molecule has 0 bridgehead atoms. The molecule has 4 nitrogen and oxygen atoms in total. The Kier molecular flexibility index (Phi) is 5.31. The topological polar surface area (TPSA) is 66.6 Å². The summed E-state index contributed by atoms with van der Waals surface area (Å²) >= 11 is 0. The van der Waals surface area contributed by atoms with Gasteiger partial charge in [0.2, 0.25) is 0 Å². The summed E-state index contributed by atoms with van der Waals surface area (Å²) in [5, 5.41) is 8.72. The predicted molar refractivity (Wildman–Crippen MR) is 72.5 cm³/mol. The molecule has 0 aliphatic carbocycles. The van der Waals surface area contributed by atoms with Crippen molar-refractivity contribution in [3.8, 4) is 0 Å². The average molecular weight is 250 g/mol. The fourth-order valence-electron chi connectivity index (χ4n) is 1.88. The van der Waals surface area contributed by atoms with E-state index in [1.165, 1.54) is 16.7 Å². The second-order valence-electron chi connectivity index (χ2n) is 4.90. The van der Waals surface area contributed by atoms with Gasteiger partial charge in [-0.25, -0.2) is 0 Å². The van der Waals surface area contributed by atoms with Crippen LogP contribution in [-0.2, 0) is 11.3 Å². The molecule has 1 aromatic rings. The van der Waals surface area contributed by atoms with Crippen LogP contribution in [0.5, 0.6) is 0 Å². The number of hydrogen-bond donors (Lipinski definition) is 2. The van der Waals surface area contributed by atoms with Crippen LogP contribution in [0.1, 0.15) is 23.1 Å². The maximum Gasteiger partial charge on any atom is 0.320 e. The van der Waals surface area contributed by atoms with E-state index in [-0.39, 0.29) is 0 Å². The Balaban J connectivity index is 2.49. The monoisotopic (exact) mass is 250 g/mol. The van der Waals surface area contributed by atoms with Gasteiger partial charge in [0.1, 0.15) is 6.04 Å². The Morgan fingerprint density at radius 1 is 1.44 bits per heavy atom. The molecule has 0 spiro atoms. The molecule has 100 valence electrons. The Morgan fingerprint density at radius 3 is 2.67 bits per heavy atom. The van der Waals surface area contributed by atoms with Crippen LogP contribution >= 0.6 is 0 Å². The minimum Gasteiger partial charge on any atom is -0.480 e. The lowest BCUT2D eigenvalue weighted by atomic mass is 10.1. The highest BCUT2D eigenvalue weighted by atomic mass is 16.4. The minimum atomic E-state index is -0.935. The number of nitrogens with zero attached hydrogens (tertiary/aromatic N) is 1. The van der Waals surface area contributed by atoms with Crippen molar-refractivity contribution in [3.63, 3.8) is 0 Å². The molecule has 1 aromatic carbocycles. The number of aliphatic carboxylic acids is 1. The SMILES string of the molecule is Cc1ccc(CN(C)CCC(N)C(=O)O)c(C)c1. The molecule has 3 N–H and O–H groups in total. The first kappa shape index (κ1) is 14.7. The molecule has 1 rings (SSSR count). The maximum atomic E-state index is 10.6. The zero-order valence-electron chi connectivity index (χ0n) is 11.3. The Bertz CT molecular complexity index is 418. The molecule has 0 aliphatic rings. The van der Waals surface area contributed by atoms with Gasteiger partial charge < -0.3 is 15.7 Å². The Hall–Kier alpha value is -1.39. The van der Waals surface area contributed by atoms with Crippen molar-refractivity contribution in [1.29, 1.82) is 0 Å². The molecule has 1 unspecified atom stereocenters. The number of nitrogens with two attached hydrogens (primary N) is 1. The normalized spacial score (nSPS) is 12.7. The third kappa shape index (κ3) is 4.47. The number of aryl methyl sites for hydroxylation is 2. The number of benzene rings is 1. The summed E-state index contributed by atoms with van der Waals surface area (Å²) in [6.07, 6.45) is 0.469. The molecule has 0 saturated carbocycles. The largest absolute Gasteiger partial charge is 0.480 e. The Labute approximate surface area is 108 Å². The zero-order chi connectivity index (χ0) is 13.7. The van der Waals surface area contributed by atoms with Gasteiger partial charge in [0.15, 0.2) is 0 Å². The van der Waals surface area contributed by atoms with E-state index in [4.69, 9.17) is 10.8 Å². The molecule has 0 fully saturated rings. The van der Waals surface area contributed by atoms with E-state index in [0.717, 1.165) is 6.54 Å². The molecule has 0 amide bonds. The van der Waals surface area contributed by atoms with Crippen molar-refractivity contribution in [2.45, 2.75) is 32.9 Å². The first-order chi connectivity index (χ1) is 8.40. The molecule has 1 atom stereocenters. The lowest BCUT2D eigenvalue weighted by Gasteiger charge is -2.19. The minimum absolute atomic E-state index is 0.469.